The summed E-state index contributed by atoms with van der Waals surface area (Å²) < 4.78 is 0. The third kappa shape index (κ3) is 26.7. The molecular weight excluding hydrogens is 1250 g/mol. The van der Waals surface area contributed by atoms with E-state index in [-0.39, 0.29) is 19.3 Å². The van der Waals surface area contributed by atoms with Crippen molar-refractivity contribution in [1.82, 2.24) is 99.0 Å². The van der Waals surface area contributed by atoms with Gasteiger partial charge in [-0.15, -0.1) is 0 Å². The van der Waals surface area contributed by atoms with Gasteiger partial charge in [0.15, 0.2) is 0 Å². The zero-order chi connectivity index (χ0) is 69.6. The van der Waals surface area contributed by atoms with Crippen LogP contribution in [0.3, 0.4) is 0 Å². The molecule has 40 heteroatoms. The maximum atomic E-state index is 14.0. The fourth-order valence-electron chi connectivity index (χ4n) is 7.95. The van der Waals surface area contributed by atoms with Crippen LogP contribution in [0, 0.1) is 0 Å². The van der Waals surface area contributed by atoms with Gasteiger partial charge in [0, 0.05) is 54.9 Å². The van der Waals surface area contributed by atoms with Crippen LogP contribution >= 0.6 is 11.8 Å². The number of nitrogens with zero attached hydrogens (tertiary/aromatic N) is 3. The summed E-state index contributed by atoms with van der Waals surface area (Å²) in [5.41, 5.74) is 12.2. The van der Waals surface area contributed by atoms with E-state index in [4.69, 9.17) is 16.6 Å². The van der Waals surface area contributed by atoms with Gasteiger partial charge in [0.1, 0.15) is 72.5 Å². The number of imidazole rings is 3. The average molecular weight is 1330 g/mol. The summed E-state index contributed by atoms with van der Waals surface area (Å²) in [5.74, 6) is -14.4. The highest BCUT2D eigenvalue weighted by Gasteiger charge is 2.35. The number of aliphatic hydroxyl groups is 2. The number of hydrogen-bond acceptors (Lipinski definition) is 22. The maximum absolute atomic E-state index is 14.0. The van der Waals surface area contributed by atoms with E-state index < -0.39 is 193 Å². The van der Waals surface area contributed by atoms with E-state index in [1.165, 1.54) is 84.0 Å². The number of aliphatic carboxylic acids is 1. The molecule has 512 valence electrons. The van der Waals surface area contributed by atoms with Crippen molar-refractivity contribution >= 4 is 100 Å². The number of aromatic amines is 3. The van der Waals surface area contributed by atoms with Crippen LogP contribution in [0.1, 0.15) is 71.5 Å². The van der Waals surface area contributed by atoms with Gasteiger partial charge in [-0.05, 0) is 60.0 Å². The van der Waals surface area contributed by atoms with Gasteiger partial charge in [0.05, 0.1) is 51.2 Å². The van der Waals surface area contributed by atoms with E-state index in [1.807, 2.05) is 11.6 Å². The smallest absolute Gasteiger partial charge is 0.325 e. The Balaban J connectivity index is 1.63. The van der Waals surface area contributed by atoms with Crippen molar-refractivity contribution in [3.8, 4) is 0 Å². The molecule has 39 nitrogen and oxygen atoms in total. The Hall–Kier alpha value is -10.1. The molecule has 0 radical (unpaired) electrons. The second-order valence-corrected chi connectivity index (χ2v) is 22.1. The van der Waals surface area contributed by atoms with Gasteiger partial charge < -0.3 is 111 Å². The molecule has 0 spiro atoms. The predicted octanol–water partition coefficient (Wildman–Crippen LogP) is -10.0. The lowest BCUT2D eigenvalue weighted by molar-refractivity contribution is -0.142. The molecule has 3 aromatic heterocycles. The van der Waals surface area contributed by atoms with Gasteiger partial charge in [-0.2, -0.15) is 11.8 Å². The number of primary amides is 1. The SMILES string of the molecule is CSCC[C@H](N)C(=O)N[C@@H](C)C(=O)N[C@@H](Cc1cnc[nH]1)C(=O)N[C@@H](C)C(=O)N[C@@H](Cc1cnc[nH]1)C(=O)N[C@@H](C)C(=O)N[C@@H](Cc1cnc[nH]1)C(=O)N[C@@H](C)C(=O)N[C@@H](C)C(=O)N[C@@H](CO)C(=O)NCC(=O)N[C@@H](CO)C(=O)N[C@@H](CC(N)=O)C(=O)N[C@@H](C)C(=O)O. The van der Waals surface area contributed by atoms with Crippen molar-refractivity contribution in [2.45, 2.75) is 152 Å². The molecule has 3 aromatic rings. The lowest BCUT2D eigenvalue weighted by Crippen LogP contribution is -2.60. The van der Waals surface area contributed by atoms with Gasteiger partial charge in [-0.25, -0.2) is 15.0 Å². The zero-order valence-corrected chi connectivity index (χ0v) is 52.5. The van der Waals surface area contributed by atoms with E-state index in [9.17, 15) is 82.1 Å². The minimum atomic E-state index is -1.79. The average Bonchev–Trinajstić information content (AvgIpc) is 2.07. The van der Waals surface area contributed by atoms with Crippen LogP contribution in [-0.2, 0) is 91.2 Å². The van der Waals surface area contributed by atoms with E-state index in [0.29, 0.717) is 29.3 Å². The quantitative estimate of drug-likeness (QED) is 0.0251. The molecule has 0 aliphatic heterocycles. The number of aliphatic hydroxyl groups excluding tert-OH is 2. The standard InChI is InChI=1S/C53H81N21O18S/c1-23(41(79)63-24(2)45(83)74-37(18-75)47(85)59-17-40(78)69-38(19-76)52(90)73-36(13-39(55)77)51(89)68-28(6)53(91)92)65-48(86)33(10-29-14-56-20-60-29)71-43(81)26(4)67-50(88)35(12-31-16-58-22-62-31)72-44(82)27(5)66-49(87)34(11-30-15-57-21-61-30)70-42(80)25(3)64-46(84)32(54)8-9-93-7/h14-16,20-28,32-38,75-76H,8-13,17-19,54H2,1-7H3,(H2,55,77)(H,56,60)(H,57,61)(H,58,62)(H,59,85)(H,63,79)(H,64,84)(H,65,86)(H,66,87)(H,67,88)(H,68,89)(H,69,78)(H,70,80)(H,71,81)(H,72,82)(H,73,90)(H,74,83)(H,91,92)/t23-,24-,25-,26-,27-,28-,32-,33-,34-,35-,36-,37-,38-/m0/s1. The fraction of sp³-hybridized carbons (Fsp3) is 0.547. The summed E-state index contributed by atoms with van der Waals surface area (Å²) in [5, 5.41) is 59.1. The summed E-state index contributed by atoms with van der Waals surface area (Å²) >= 11 is 1.49. The van der Waals surface area contributed by atoms with Crippen molar-refractivity contribution in [3.05, 3.63) is 54.7 Å². The Morgan fingerprint density at radius 3 is 1.10 bits per heavy atom. The minimum Gasteiger partial charge on any atom is -0.480 e. The number of H-pyrrole nitrogens is 3. The molecule has 0 unspecified atom stereocenters. The van der Waals surface area contributed by atoms with Crippen molar-refractivity contribution in [2.24, 2.45) is 11.5 Å². The fourth-order valence-corrected chi connectivity index (χ4v) is 8.44. The van der Waals surface area contributed by atoms with Crippen molar-refractivity contribution in [3.63, 3.8) is 0 Å². The number of carbonyl (C=O) groups excluding carboxylic acids is 14. The molecule has 0 aliphatic rings. The van der Waals surface area contributed by atoms with Crippen molar-refractivity contribution in [2.75, 3.05) is 31.8 Å². The van der Waals surface area contributed by atoms with Gasteiger partial charge in [0.2, 0.25) is 82.7 Å². The number of carboxylic acid groups (broad SMARTS) is 1. The normalized spacial score (nSPS) is 15.2. The number of nitrogens with two attached hydrogens (primary N) is 2. The number of amides is 14. The number of rotatable bonds is 40. The monoisotopic (exact) mass is 1330 g/mol. The van der Waals surface area contributed by atoms with Crippen LogP contribution in [0.4, 0.5) is 0 Å². The van der Waals surface area contributed by atoms with Crippen LogP contribution in [0.15, 0.2) is 37.6 Å². The molecule has 3 heterocycles. The first-order chi connectivity index (χ1) is 43.9. The molecule has 0 aromatic carbocycles. The lowest BCUT2D eigenvalue weighted by atomic mass is 10.1. The maximum Gasteiger partial charge on any atom is 0.325 e. The van der Waals surface area contributed by atoms with Gasteiger partial charge in [0.25, 0.3) is 0 Å². The Kier molecular flexibility index (Phi) is 32.0. The molecule has 0 saturated heterocycles. The van der Waals surface area contributed by atoms with Gasteiger partial charge in [-0.3, -0.25) is 71.9 Å². The van der Waals surface area contributed by atoms with Crippen molar-refractivity contribution < 1.29 is 87.2 Å². The summed E-state index contributed by atoms with van der Waals surface area (Å²) in [7, 11) is 0. The molecule has 14 amide bonds. The molecule has 13 atom stereocenters. The third-order valence-corrected chi connectivity index (χ3v) is 14.1. The molecule has 93 heavy (non-hydrogen) atoms. The van der Waals surface area contributed by atoms with E-state index >= 15 is 0 Å². The Bertz CT molecular complexity index is 3060. The van der Waals surface area contributed by atoms with Crippen LogP contribution in [0.25, 0.3) is 0 Å². The van der Waals surface area contributed by atoms with E-state index in [2.05, 4.69) is 93.7 Å². The number of hydrogen-bond donors (Lipinski definition) is 21. The van der Waals surface area contributed by atoms with E-state index in [0.717, 1.165) is 6.92 Å². The highest BCUT2D eigenvalue weighted by Crippen LogP contribution is 2.07. The van der Waals surface area contributed by atoms with Crippen LogP contribution < -0.4 is 80.6 Å². The Morgan fingerprint density at radius 2 is 0.753 bits per heavy atom. The molecule has 0 fully saturated rings. The third-order valence-electron chi connectivity index (χ3n) is 13.4. The topological polar surface area (TPSA) is 611 Å². The lowest BCUT2D eigenvalue weighted by Gasteiger charge is -2.26. The number of carbonyl (C=O) groups is 15. The largest absolute Gasteiger partial charge is 0.480 e. The first-order valence-electron chi connectivity index (χ1n) is 28.7. The number of nitrogens with one attached hydrogen (secondary N) is 16. The molecule has 0 aliphatic carbocycles. The van der Waals surface area contributed by atoms with Crippen LogP contribution in [0.5, 0.6) is 0 Å². The summed E-state index contributed by atoms with van der Waals surface area (Å²) in [6.45, 7) is 4.43. The molecule has 0 saturated carbocycles. The highest BCUT2D eigenvalue weighted by molar-refractivity contribution is 7.98. The second-order valence-electron chi connectivity index (χ2n) is 21.1. The predicted molar refractivity (Wildman–Crippen MR) is 324 cm³/mol. The molecular formula is C53H81N21O18S. The van der Waals surface area contributed by atoms with E-state index in [1.54, 1.807) is 0 Å². The zero-order valence-electron chi connectivity index (χ0n) is 51.7. The van der Waals surface area contributed by atoms with Gasteiger partial charge in [-0.1, -0.05) is 0 Å². The first-order valence-corrected chi connectivity index (χ1v) is 30.1. The first kappa shape index (κ1) is 77.2. The van der Waals surface area contributed by atoms with Crippen molar-refractivity contribution in [1.29, 1.82) is 0 Å². The molecule has 23 N–H and O–H groups in total. The van der Waals surface area contributed by atoms with Gasteiger partial charge >= 0.3 is 5.97 Å². The summed E-state index contributed by atoms with van der Waals surface area (Å²) in [6, 6.07) is -18.6. The second kappa shape index (κ2) is 38.6. The number of aromatic nitrogens is 6. The summed E-state index contributed by atoms with van der Waals surface area (Å²) in [4.78, 5) is 216. The van der Waals surface area contributed by atoms with Crippen LogP contribution in [0.2, 0.25) is 0 Å². The number of carboxylic acids is 1. The summed E-state index contributed by atoms with van der Waals surface area (Å²) in [6.07, 6.45) is 8.90. The Morgan fingerprint density at radius 1 is 0.441 bits per heavy atom. The van der Waals surface area contributed by atoms with Crippen LogP contribution in [-0.4, -0.2) is 244 Å². The molecule has 0 bridgehead atoms. The molecule has 3 rings (SSSR count). The highest BCUT2D eigenvalue weighted by atomic mass is 32.2. The number of thioether (sulfide) groups is 1. The Labute approximate surface area is 535 Å². The minimum absolute atomic E-state index is 0.124.